The number of rotatable bonds is 6. The van der Waals surface area contributed by atoms with Crippen LogP contribution in [0, 0.1) is 13.8 Å². The highest BCUT2D eigenvalue weighted by Crippen LogP contribution is 2.35. The molecule has 0 unspecified atom stereocenters. The third-order valence-electron chi connectivity index (χ3n) is 4.62. The van der Waals surface area contributed by atoms with Gasteiger partial charge in [-0.2, -0.15) is 0 Å². The first-order valence-electron chi connectivity index (χ1n) is 8.82. The fourth-order valence-electron chi connectivity index (χ4n) is 3.05. The fraction of sp³-hybridized carbons (Fsp3) is 0.400. The van der Waals surface area contributed by atoms with Crippen molar-refractivity contribution < 1.29 is 17.9 Å². The van der Waals surface area contributed by atoms with Gasteiger partial charge in [-0.05, 0) is 63.1 Å². The minimum Gasteiger partial charge on any atom is -0.494 e. The van der Waals surface area contributed by atoms with Gasteiger partial charge in [-0.3, -0.25) is 0 Å². The lowest BCUT2D eigenvalue weighted by Gasteiger charge is -2.14. The van der Waals surface area contributed by atoms with Crippen LogP contribution in [0.3, 0.4) is 0 Å². The maximum absolute atomic E-state index is 12.6. The molecule has 1 aliphatic heterocycles. The molecule has 1 N–H and O–H groups in total. The molecule has 5 nitrogen and oxygen atoms in total. The zero-order valence-corrected chi connectivity index (χ0v) is 16.4. The topological polar surface area (TPSA) is 64.6 Å². The van der Waals surface area contributed by atoms with Gasteiger partial charge in [0.15, 0.2) is 0 Å². The number of hydrogen-bond acceptors (Lipinski definition) is 4. The van der Waals surface area contributed by atoms with Gasteiger partial charge in [-0.25, -0.2) is 13.1 Å². The van der Waals surface area contributed by atoms with Crippen molar-refractivity contribution in [3.63, 3.8) is 0 Å². The molecule has 1 atom stereocenters. The Labute approximate surface area is 155 Å². The second-order valence-electron chi connectivity index (χ2n) is 6.70. The number of hydrogen-bond donors (Lipinski definition) is 1. The molecule has 1 heterocycles. The molecule has 26 heavy (non-hydrogen) atoms. The molecule has 3 rings (SSSR count). The van der Waals surface area contributed by atoms with Gasteiger partial charge in [-0.15, -0.1) is 0 Å². The lowest BCUT2D eigenvalue weighted by atomic mass is 10.1. The Morgan fingerprint density at radius 1 is 1.19 bits per heavy atom. The molecule has 140 valence electrons. The van der Waals surface area contributed by atoms with Crippen LogP contribution in [0.2, 0.25) is 0 Å². The minimum absolute atomic E-state index is 0.127. The SMILES string of the molecule is CCOc1cc2c(cc1CNS(=O)(=O)c1ccc(C)c(C)c1)O[C@@H](C)C2. The molecule has 2 aromatic carbocycles. The first-order valence-corrected chi connectivity index (χ1v) is 10.3. The molecular weight excluding hydrogens is 350 g/mol. The number of ether oxygens (including phenoxy) is 2. The quantitative estimate of drug-likeness (QED) is 0.839. The predicted octanol–water partition coefficient (Wildman–Crippen LogP) is 3.50. The van der Waals surface area contributed by atoms with Gasteiger partial charge < -0.3 is 9.47 Å². The van der Waals surface area contributed by atoms with Crippen LogP contribution in [-0.4, -0.2) is 21.1 Å². The van der Waals surface area contributed by atoms with E-state index < -0.39 is 10.0 Å². The van der Waals surface area contributed by atoms with Crippen LogP contribution >= 0.6 is 0 Å². The molecule has 0 spiro atoms. The number of fused-ring (bicyclic) bond motifs is 1. The van der Waals surface area contributed by atoms with Crippen molar-refractivity contribution in [3.8, 4) is 11.5 Å². The van der Waals surface area contributed by atoms with E-state index in [9.17, 15) is 8.42 Å². The van der Waals surface area contributed by atoms with Crippen molar-refractivity contribution in [2.45, 2.75) is 51.7 Å². The predicted molar refractivity (Wildman–Crippen MR) is 101 cm³/mol. The summed E-state index contributed by atoms with van der Waals surface area (Å²) in [5.74, 6) is 1.51. The highest BCUT2D eigenvalue weighted by Gasteiger charge is 2.23. The summed E-state index contributed by atoms with van der Waals surface area (Å²) in [6, 6.07) is 8.98. The van der Waals surface area contributed by atoms with Crippen LogP contribution in [0.25, 0.3) is 0 Å². The van der Waals surface area contributed by atoms with E-state index in [1.165, 1.54) is 0 Å². The summed E-state index contributed by atoms with van der Waals surface area (Å²) in [6.45, 7) is 8.46. The van der Waals surface area contributed by atoms with E-state index in [1.807, 2.05) is 45.9 Å². The van der Waals surface area contributed by atoms with Crippen LogP contribution < -0.4 is 14.2 Å². The van der Waals surface area contributed by atoms with Crippen LogP contribution in [-0.2, 0) is 23.0 Å². The van der Waals surface area contributed by atoms with Crippen molar-refractivity contribution in [1.82, 2.24) is 4.72 Å². The molecule has 0 aliphatic carbocycles. The Morgan fingerprint density at radius 3 is 2.65 bits per heavy atom. The number of benzene rings is 2. The van der Waals surface area contributed by atoms with E-state index in [2.05, 4.69) is 4.72 Å². The normalized spacial score (nSPS) is 16.2. The zero-order chi connectivity index (χ0) is 18.9. The monoisotopic (exact) mass is 375 g/mol. The van der Waals surface area contributed by atoms with Crippen LogP contribution in [0.4, 0.5) is 0 Å². The first-order chi connectivity index (χ1) is 12.3. The summed E-state index contributed by atoms with van der Waals surface area (Å²) >= 11 is 0. The van der Waals surface area contributed by atoms with Crippen molar-refractivity contribution in [2.24, 2.45) is 0 Å². The number of sulfonamides is 1. The second kappa shape index (κ2) is 7.29. The molecule has 0 fully saturated rings. The minimum atomic E-state index is -3.60. The van der Waals surface area contributed by atoms with Gasteiger partial charge in [-0.1, -0.05) is 6.07 Å². The largest absolute Gasteiger partial charge is 0.494 e. The molecule has 0 radical (unpaired) electrons. The third kappa shape index (κ3) is 3.86. The zero-order valence-electron chi connectivity index (χ0n) is 15.6. The van der Waals surface area contributed by atoms with E-state index in [-0.39, 0.29) is 17.5 Å². The lowest BCUT2D eigenvalue weighted by molar-refractivity contribution is 0.254. The average Bonchev–Trinajstić information content (AvgIpc) is 2.94. The van der Waals surface area contributed by atoms with Gasteiger partial charge >= 0.3 is 0 Å². The lowest BCUT2D eigenvalue weighted by Crippen LogP contribution is -2.23. The van der Waals surface area contributed by atoms with Crippen LogP contribution in [0.1, 0.15) is 36.1 Å². The van der Waals surface area contributed by atoms with Gasteiger partial charge in [0, 0.05) is 24.1 Å². The third-order valence-corrected chi connectivity index (χ3v) is 6.02. The maximum atomic E-state index is 12.6. The van der Waals surface area contributed by atoms with Crippen LogP contribution in [0.15, 0.2) is 35.2 Å². The first kappa shape index (κ1) is 18.7. The summed E-state index contributed by atoms with van der Waals surface area (Å²) in [7, 11) is -3.60. The van der Waals surface area contributed by atoms with E-state index in [0.717, 1.165) is 34.4 Å². The Balaban J connectivity index is 1.84. The second-order valence-corrected chi connectivity index (χ2v) is 8.47. The van der Waals surface area contributed by atoms with Gasteiger partial charge in [0.1, 0.15) is 17.6 Å². The van der Waals surface area contributed by atoms with E-state index in [1.54, 1.807) is 12.1 Å². The molecule has 0 aromatic heterocycles. The van der Waals surface area contributed by atoms with E-state index in [4.69, 9.17) is 9.47 Å². The van der Waals surface area contributed by atoms with Crippen molar-refractivity contribution in [1.29, 1.82) is 0 Å². The molecule has 0 amide bonds. The highest BCUT2D eigenvalue weighted by molar-refractivity contribution is 7.89. The van der Waals surface area contributed by atoms with Crippen LogP contribution in [0.5, 0.6) is 11.5 Å². The molecular formula is C20H25NO4S. The summed E-state index contributed by atoms with van der Waals surface area (Å²) in [5, 5.41) is 0. The summed E-state index contributed by atoms with van der Waals surface area (Å²) in [6.07, 6.45) is 0.964. The van der Waals surface area contributed by atoms with Crippen molar-refractivity contribution in [2.75, 3.05) is 6.61 Å². The molecule has 0 saturated heterocycles. The molecule has 0 saturated carbocycles. The Kier molecular flexibility index (Phi) is 5.25. The molecule has 0 bridgehead atoms. The van der Waals surface area contributed by atoms with Crippen molar-refractivity contribution >= 4 is 10.0 Å². The average molecular weight is 375 g/mol. The Morgan fingerprint density at radius 2 is 1.96 bits per heavy atom. The van der Waals surface area contributed by atoms with E-state index in [0.29, 0.717) is 12.4 Å². The van der Waals surface area contributed by atoms with Gasteiger partial charge in [0.2, 0.25) is 10.0 Å². The van der Waals surface area contributed by atoms with E-state index >= 15 is 0 Å². The molecule has 2 aromatic rings. The highest BCUT2D eigenvalue weighted by atomic mass is 32.2. The summed E-state index contributed by atoms with van der Waals surface area (Å²) in [5.41, 5.74) is 3.88. The maximum Gasteiger partial charge on any atom is 0.240 e. The summed E-state index contributed by atoms with van der Waals surface area (Å²) < 4.78 is 39.5. The Hall–Kier alpha value is -2.05. The number of nitrogens with one attached hydrogen (secondary N) is 1. The molecule has 1 aliphatic rings. The fourth-order valence-corrected chi connectivity index (χ4v) is 4.14. The molecule has 6 heteroatoms. The smallest absolute Gasteiger partial charge is 0.240 e. The Bertz CT molecular complexity index is 922. The standard InChI is InChI=1S/C20H25NO4S/c1-5-24-19-10-16-9-15(4)25-20(16)11-17(19)12-21-26(22,23)18-7-6-13(2)14(3)8-18/h6-8,10-11,15,21H,5,9,12H2,1-4H3/t15-/m0/s1. The van der Waals surface area contributed by atoms with Gasteiger partial charge in [0.25, 0.3) is 0 Å². The van der Waals surface area contributed by atoms with Gasteiger partial charge in [0.05, 0.1) is 11.5 Å². The summed E-state index contributed by atoms with van der Waals surface area (Å²) in [4.78, 5) is 0.268. The van der Waals surface area contributed by atoms with Crippen molar-refractivity contribution in [3.05, 3.63) is 52.6 Å². The number of aryl methyl sites for hydroxylation is 2.